The van der Waals surface area contributed by atoms with E-state index in [1.54, 1.807) is 6.07 Å². The molecule has 106 valence electrons. The van der Waals surface area contributed by atoms with Gasteiger partial charge in [0.1, 0.15) is 17.9 Å². The van der Waals surface area contributed by atoms with E-state index >= 15 is 0 Å². The fraction of sp³-hybridized carbons (Fsp3) is 0.286. The van der Waals surface area contributed by atoms with Gasteiger partial charge < -0.3 is 14.5 Å². The zero-order valence-electron chi connectivity index (χ0n) is 11.2. The van der Waals surface area contributed by atoms with Crippen molar-refractivity contribution < 1.29 is 13.9 Å². The van der Waals surface area contributed by atoms with Crippen LogP contribution in [-0.2, 0) is 4.79 Å². The van der Waals surface area contributed by atoms with E-state index in [2.05, 4.69) is 21.2 Å². The number of benzene rings is 1. The van der Waals surface area contributed by atoms with E-state index in [1.165, 1.54) is 13.0 Å². The van der Waals surface area contributed by atoms with E-state index in [4.69, 9.17) is 9.15 Å². The highest BCUT2D eigenvalue weighted by atomic mass is 79.9. The standard InChI is InChI=1S/C14H14BrNO4/c1-8-5-14(18)20-12-7-13(11(15)6-10(8)12)19-4-3-16-9(2)17/h5-7H,3-4H2,1-2H3,(H,16,17). The number of amides is 1. The highest BCUT2D eigenvalue weighted by Crippen LogP contribution is 2.31. The molecule has 0 unspecified atom stereocenters. The predicted octanol–water partition coefficient (Wildman–Crippen LogP) is 2.38. The molecule has 0 aliphatic carbocycles. The molecule has 1 N–H and O–H groups in total. The third-order valence-electron chi connectivity index (χ3n) is 2.74. The van der Waals surface area contributed by atoms with Crippen molar-refractivity contribution in [3.05, 3.63) is 38.7 Å². The van der Waals surface area contributed by atoms with Gasteiger partial charge in [-0.2, -0.15) is 0 Å². The molecule has 0 atom stereocenters. The largest absolute Gasteiger partial charge is 0.490 e. The van der Waals surface area contributed by atoms with Crippen LogP contribution in [-0.4, -0.2) is 19.1 Å². The number of fused-ring (bicyclic) bond motifs is 1. The molecule has 2 rings (SSSR count). The molecule has 20 heavy (non-hydrogen) atoms. The van der Waals surface area contributed by atoms with Crippen molar-refractivity contribution in [3.8, 4) is 5.75 Å². The lowest BCUT2D eigenvalue weighted by Gasteiger charge is -2.10. The van der Waals surface area contributed by atoms with Gasteiger partial charge in [-0.1, -0.05) is 0 Å². The molecule has 5 nitrogen and oxygen atoms in total. The molecule has 2 aromatic rings. The highest BCUT2D eigenvalue weighted by Gasteiger charge is 2.08. The fourth-order valence-electron chi connectivity index (χ4n) is 1.82. The number of hydrogen-bond donors (Lipinski definition) is 1. The number of carbonyl (C=O) groups is 1. The molecular weight excluding hydrogens is 326 g/mol. The number of carbonyl (C=O) groups excluding carboxylic acids is 1. The average Bonchev–Trinajstić information content (AvgIpc) is 2.36. The van der Waals surface area contributed by atoms with Crippen molar-refractivity contribution in [2.75, 3.05) is 13.2 Å². The summed E-state index contributed by atoms with van der Waals surface area (Å²) in [5.41, 5.74) is 0.941. The Balaban J connectivity index is 2.24. The summed E-state index contributed by atoms with van der Waals surface area (Å²) in [6.07, 6.45) is 0. The Morgan fingerprint density at radius 1 is 1.40 bits per heavy atom. The van der Waals surface area contributed by atoms with Gasteiger partial charge in [0.05, 0.1) is 11.0 Å². The van der Waals surface area contributed by atoms with Gasteiger partial charge in [0, 0.05) is 24.4 Å². The number of ether oxygens (including phenoxy) is 1. The Morgan fingerprint density at radius 2 is 2.15 bits per heavy atom. The first-order chi connectivity index (χ1) is 9.47. The Labute approximate surface area is 124 Å². The van der Waals surface area contributed by atoms with Gasteiger partial charge in [0.15, 0.2) is 0 Å². The zero-order valence-corrected chi connectivity index (χ0v) is 12.7. The Hall–Kier alpha value is -1.82. The fourth-order valence-corrected chi connectivity index (χ4v) is 2.28. The van der Waals surface area contributed by atoms with Crippen molar-refractivity contribution in [1.29, 1.82) is 0 Å². The van der Waals surface area contributed by atoms with E-state index in [1.807, 2.05) is 13.0 Å². The summed E-state index contributed by atoms with van der Waals surface area (Å²) >= 11 is 3.42. The van der Waals surface area contributed by atoms with Crippen LogP contribution in [0, 0.1) is 6.92 Å². The summed E-state index contributed by atoms with van der Waals surface area (Å²) in [5.74, 6) is 0.462. The minimum atomic E-state index is -0.387. The minimum absolute atomic E-state index is 0.104. The summed E-state index contributed by atoms with van der Waals surface area (Å²) in [6, 6.07) is 4.97. The van der Waals surface area contributed by atoms with Crippen molar-refractivity contribution in [1.82, 2.24) is 5.32 Å². The monoisotopic (exact) mass is 339 g/mol. The molecule has 0 fully saturated rings. The molecule has 1 aromatic carbocycles. The SMILES string of the molecule is CC(=O)NCCOc1cc2oc(=O)cc(C)c2cc1Br. The van der Waals surface area contributed by atoms with E-state index in [0.29, 0.717) is 24.5 Å². The maximum absolute atomic E-state index is 11.4. The normalized spacial score (nSPS) is 10.6. The van der Waals surface area contributed by atoms with Crippen LogP contribution in [0.25, 0.3) is 11.0 Å². The number of halogens is 1. The number of hydrogen-bond acceptors (Lipinski definition) is 4. The van der Waals surface area contributed by atoms with Crippen molar-refractivity contribution >= 4 is 32.8 Å². The van der Waals surface area contributed by atoms with Crippen LogP contribution in [0.4, 0.5) is 0 Å². The first-order valence-corrected chi connectivity index (χ1v) is 6.88. The molecule has 1 heterocycles. The molecule has 0 saturated heterocycles. The van der Waals surface area contributed by atoms with Gasteiger partial charge in [-0.05, 0) is 34.5 Å². The minimum Gasteiger partial charge on any atom is -0.490 e. The van der Waals surface area contributed by atoms with Gasteiger partial charge in [0.2, 0.25) is 5.91 Å². The maximum atomic E-state index is 11.4. The summed E-state index contributed by atoms with van der Waals surface area (Å²) in [5, 5.41) is 3.49. The van der Waals surface area contributed by atoms with Gasteiger partial charge in [-0.3, -0.25) is 4.79 Å². The second-order valence-electron chi connectivity index (χ2n) is 4.36. The number of rotatable bonds is 4. The summed E-state index contributed by atoms with van der Waals surface area (Å²) in [7, 11) is 0. The topological polar surface area (TPSA) is 68.5 Å². The second-order valence-corrected chi connectivity index (χ2v) is 5.21. The highest BCUT2D eigenvalue weighted by molar-refractivity contribution is 9.10. The van der Waals surface area contributed by atoms with Crippen LogP contribution in [0.2, 0.25) is 0 Å². The van der Waals surface area contributed by atoms with Gasteiger partial charge in [-0.15, -0.1) is 0 Å². The lowest BCUT2D eigenvalue weighted by molar-refractivity contribution is -0.119. The molecule has 0 aliphatic heterocycles. The molecule has 0 spiro atoms. The smallest absolute Gasteiger partial charge is 0.336 e. The summed E-state index contributed by atoms with van der Waals surface area (Å²) in [4.78, 5) is 22.1. The van der Waals surface area contributed by atoms with Crippen LogP contribution in [0.1, 0.15) is 12.5 Å². The van der Waals surface area contributed by atoms with Crippen molar-refractivity contribution in [2.24, 2.45) is 0 Å². The van der Waals surface area contributed by atoms with Crippen LogP contribution >= 0.6 is 15.9 Å². The third kappa shape index (κ3) is 3.39. The number of aryl methyl sites for hydroxylation is 1. The van der Waals surface area contributed by atoms with Crippen molar-refractivity contribution in [2.45, 2.75) is 13.8 Å². The van der Waals surface area contributed by atoms with Crippen molar-refractivity contribution in [3.63, 3.8) is 0 Å². The molecule has 1 amide bonds. The van der Waals surface area contributed by atoms with Crippen LogP contribution < -0.4 is 15.7 Å². The van der Waals surface area contributed by atoms with Crippen LogP contribution in [0.3, 0.4) is 0 Å². The third-order valence-corrected chi connectivity index (χ3v) is 3.36. The van der Waals surface area contributed by atoms with Gasteiger partial charge >= 0.3 is 5.63 Å². The molecule has 0 radical (unpaired) electrons. The molecule has 0 saturated carbocycles. The Kier molecular flexibility index (Phi) is 4.44. The second kappa shape index (κ2) is 6.09. The maximum Gasteiger partial charge on any atom is 0.336 e. The first-order valence-electron chi connectivity index (χ1n) is 6.08. The first kappa shape index (κ1) is 14.6. The molecule has 0 aliphatic rings. The van der Waals surface area contributed by atoms with E-state index in [0.717, 1.165) is 15.4 Å². The van der Waals surface area contributed by atoms with Crippen LogP contribution in [0.15, 0.2) is 31.9 Å². The Bertz CT molecular complexity index is 708. The molecule has 6 heteroatoms. The van der Waals surface area contributed by atoms with Crippen LogP contribution in [0.5, 0.6) is 5.75 Å². The lowest BCUT2D eigenvalue weighted by atomic mass is 10.1. The predicted molar refractivity (Wildman–Crippen MR) is 79.1 cm³/mol. The molecular formula is C14H14BrNO4. The molecule has 1 aromatic heterocycles. The van der Waals surface area contributed by atoms with Gasteiger partial charge in [-0.25, -0.2) is 4.79 Å². The number of nitrogens with one attached hydrogen (secondary N) is 1. The van der Waals surface area contributed by atoms with Gasteiger partial charge in [0.25, 0.3) is 0 Å². The van der Waals surface area contributed by atoms with E-state index < -0.39 is 0 Å². The Morgan fingerprint density at radius 3 is 2.85 bits per heavy atom. The van der Waals surface area contributed by atoms with E-state index in [9.17, 15) is 9.59 Å². The average molecular weight is 340 g/mol. The van der Waals surface area contributed by atoms with E-state index in [-0.39, 0.29) is 11.5 Å². The molecule has 0 bridgehead atoms. The zero-order chi connectivity index (χ0) is 14.7. The lowest BCUT2D eigenvalue weighted by Crippen LogP contribution is -2.25. The summed E-state index contributed by atoms with van der Waals surface area (Å²) < 4.78 is 11.5. The quantitative estimate of drug-likeness (QED) is 0.685. The summed E-state index contributed by atoms with van der Waals surface area (Å²) in [6.45, 7) is 4.05.